The third kappa shape index (κ3) is 4.02. The van der Waals surface area contributed by atoms with Gasteiger partial charge >= 0.3 is 5.97 Å². The number of aromatic nitrogens is 1. The summed E-state index contributed by atoms with van der Waals surface area (Å²) in [7, 11) is 0. The maximum Gasteiger partial charge on any atom is 0.328 e. The average Bonchev–Trinajstić information content (AvgIpc) is 2.79. The van der Waals surface area contributed by atoms with Gasteiger partial charge in [0.25, 0.3) is 11.6 Å². The predicted molar refractivity (Wildman–Crippen MR) is 71.9 cm³/mol. The molecule has 2 atom stereocenters. The van der Waals surface area contributed by atoms with Crippen molar-refractivity contribution in [2.24, 2.45) is 0 Å². The number of hydrogen-bond acceptors (Lipinski definition) is 5. The maximum atomic E-state index is 12.1. The molecular weight excluding hydrogens is 282 g/mol. The first-order valence-electron chi connectivity index (χ1n) is 6.34. The van der Waals surface area contributed by atoms with Crippen LogP contribution in [-0.2, 0) is 11.3 Å². The summed E-state index contributed by atoms with van der Waals surface area (Å²) in [6.07, 6.45) is 0.567. The number of nitro groups is 1. The molecule has 3 N–H and O–H groups in total. The molecule has 0 aromatic carbocycles. The van der Waals surface area contributed by atoms with E-state index >= 15 is 0 Å². The number of carboxylic acids is 1. The number of nitrogens with zero attached hydrogens (tertiary/aromatic N) is 2. The van der Waals surface area contributed by atoms with Crippen LogP contribution in [0, 0.1) is 10.1 Å². The fourth-order valence-electron chi connectivity index (χ4n) is 1.82. The summed E-state index contributed by atoms with van der Waals surface area (Å²) in [5.74, 6) is -2.17. The molecule has 0 fully saturated rings. The van der Waals surface area contributed by atoms with E-state index in [9.17, 15) is 24.8 Å². The maximum absolute atomic E-state index is 12.1. The van der Waals surface area contributed by atoms with Crippen LogP contribution in [0.3, 0.4) is 0 Å². The molecule has 2 unspecified atom stereocenters. The Kier molecular flexibility index (Phi) is 5.42. The summed E-state index contributed by atoms with van der Waals surface area (Å²) >= 11 is 0. The predicted octanol–water partition coefficient (Wildman–Crippen LogP) is 0.370. The first-order valence-corrected chi connectivity index (χ1v) is 6.34. The highest BCUT2D eigenvalue weighted by atomic mass is 16.6. The zero-order chi connectivity index (χ0) is 16.2. The van der Waals surface area contributed by atoms with Gasteiger partial charge in [-0.1, -0.05) is 6.92 Å². The molecule has 0 bridgehead atoms. The molecular formula is C12H17N3O6. The van der Waals surface area contributed by atoms with Crippen LogP contribution in [0.2, 0.25) is 0 Å². The van der Waals surface area contributed by atoms with Crippen LogP contribution in [0.15, 0.2) is 12.3 Å². The molecule has 0 aliphatic heterocycles. The summed E-state index contributed by atoms with van der Waals surface area (Å²) in [5.41, 5.74) is -0.270. The molecule has 9 heteroatoms. The van der Waals surface area contributed by atoms with Crippen LogP contribution in [0.1, 0.15) is 30.8 Å². The molecule has 0 saturated carbocycles. The van der Waals surface area contributed by atoms with Gasteiger partial charge in [0.1, 0.15) is 5.69 Å². The smallest absolute Gasteiger partial charge is 0.328 e. The number of rotatable bonds is 7. The monoisotopic (exact) mass is 299 g/mol. The van der Waals surface area contributed by atoms with Crippen molar-refractivity contribution in [2.45, 2.75) is 39.0 Å². The van der Waals surface area contributed by atoms with Crippen molar-refractivity contribution < 1.29 is 24.7 Å². The Morgan fingerprint density at radius 3 is 2.57 bits per heavy atom. The summed E-state index contributed by atoms with van der Waals surface area (Å²) in [4.78, 5) is 33.1. The van der Waals surface area contributed by atoms with E-state index in [0.29, 0.717) is 13.0 Å². The van der Waals surface area contributed by atoms with Crippen LogP contribution in [0.5, 0.6) is 0 Å². The normalized spacial score (nSPS) is 13.5. The van der Waals surface area contributed by atoms with E-state index in [1.54, 1.807) is 0 Å². The van der Waals surface area contributed by atoms with Crippen molar-refractivity contribution in [1.82, 2.24) is 9.88 Å². The van der Waals surface area contributed by atoms with Gasteiger partial charge in [0.15, 0.2) is 6.04 Å². The van der Waals surface area contributed by atoms with Gasteiger partial charge in [-0.15, -0.1) is 0 Å². The number of aliphatic carboxylic acids is 1. The third-order valence-electron chi connectivity index (χ3n) is 2.83. The van der Waals surface area contributed by atoms with Gasteiger partial charge in [-0.3, -0.25) is 14.9 Å². The summed E-state index contributed by atoms with van der Waals surface area (Å²) in [6, 6.07) is -0.409. The number of carbonyl (C=O) groups is 2. The fourth-order valence-corrected chi connectivity index (χ4v) is 1.82. The number of carboxylic acid groups (broad SMARTS) is 1. The number of aliphatic hydroxyl groups excluding tert-OH is 1. The molecule has 0 aliphatic carbocycles. The fraction of sp³-hybridized carbons (Fsp3) is 0.500. The summed E-state index contributed by atoms with van der Waals surface area (Å²) < 4.78 is 1.38. The van der Waals surface area contributed by atoms with Gasteiger partial charge in [0, 0.05) is 12.6 Å². The molecule has 1 aromatic heterocycles. The largest absolute Gasteiger partial charge is 0.480 e. The number of hydrogen-bond donors (Lipinski definition) is 3. The highest BCUT2D eigenvalue weighted by Crippen LogP contribution is 2.17. The molecule has 9 nitrogen and oxygen atoms in total. The zero-order valence-corrected chi connectivity index (χ0v) is 11.6. The van der Waals surface area contributed by atoms with Crippen molar-refractivity contribution in [2.75, 3.05) is 0 Å². The van der Waals surface area contributed by atoms with E-state index < -0.39 is 28.9 Å². The van der Waals surface area contributed by atoms with Crippen LogP contribution in [-0.4, -0.2) is 43.7 Å². The lowest BCUT2D eigenvalue weighted by Gasteiger charge is -2.17. The average molecular weight is 299 g/mol. The lowest BCUT2D eigenvalue weighted by molar-refractivity contribution is -0.384. The number of amides is 1. The molecule has 0 saturated heterocycles. The highest BCUT2D eigenvalue weighted by Gasteiger charge is 2.27. The molecule has 21 heavy (non-hydrogen) atoms. The van der Waals surface area contributed by atoms with E-state index in [2.05, 4.69) is 5.32 Å². The minimum atomic E-state index is -1.48. The first-order chi connectivity index (χ1) is 9.77. The van der Waals surface area contributed by atoms with E-state index in [1.807, 2.05) is 6.92 Å². The van der Waals surface area contributed by atoms with E-state index in [-0.39, 0.29) is 11.4 Å². The molecule has 1 amide bonds. The van der Waals surface area contributed by atoms with Gasteiger partial charge < -0.3 is 20.1 Å². The van der Waals surface area contributed by atoms with Gasteiger partial charge in [-0.2, -0.15) is 0 Å². The second-order valence-electron chi connectivity index (χ2n) is 4.56. The van der Waals surface area contributed by atoms with Crippen LogP contribution >= 0.6 is 0 Å². The second kappa shape index (κ2) is 6.84. The number of aliphatic hydroxyl groups is 1. The Balaban J connectivity index is 3.05. The van der Waals surface area contributed by atoms with Gasteiger partial charge in [-0.25, -0.2) is 4.79 Å². The molecule has 0 aliphatic rings. The van der Waals surface area contributed by atoms with Gasteiger partial charge in [-0.05, 0) is 13.3 Å². The van der Waals surface area contributed by atoms with Crippen molar-refractivity contribution in [1.29, 1.82) is 0 Å². The zero-order valence-electron chi connectivity index (χ0n) is 11.6. The van der Waals surface area contributed by atoms with Gasteiger partial charge in [0.05, 0.1) is 17.2 Å². The van der Waals surface area contributed by atoms with Gasteiger partial charge in [0.2, 0.25) is 0 Å². The molecule has 0 radical (unpaired) electrons. The molecule has 116 valence electrons. The first kappa shape index (κ1) is 16.6. The van der Waals surface area contributed by atoms with E-state index in [0.717, 1.165) is 6.07 Å². The Labute approximate surface area is 120 Å². The summed E-state index contributed by atoms with van der Waals surface area (Å²) in [5, 5.41) is 31.2. The lowest BCUT2D eigenvalue weighted by Crippen LogP contribution is -2.48. The van der Waals surface area contributed by atoms with Crippen molar-refractivity contribution in [3.63, 3.8) is 0 Å². The standard InChI is InChI=1S/C12H17N3O6/c1-3-4-14-6-8(15(20)21)5-9(14)11(17)13-10(7(2)16)12(18)19/h5-7,10,16H,3-4H2,1-2H3,(H,13,17)(H,18,19). The molecule has 1 rings (SSSR count). The van der Waals surface area contributed by atoms with Crippen molar-refractivity contribution >= 4 is 17.6 Å². The van der Waals surface area contributed by atoms with E-state index in [4.69, 9.17) is 5.11 Å². The Hall–Kier alpha value is -2.42. The highest BCUT2D eigenvalue weighted by molar-refractivity contribution is 5.96. The third-order valence-corrected chi connectivity index (χ3v) is 2.83. The van der Waals surface area contributed by atoms with Crippen LogP contribution in [0.25, 0.3) is 0 Å². The van der Waals surface area contributed by atoms with E-state index in [1.165, 1.54) is 17.7 Å². The second-order valence-corrected chi connectivity index (χ2v) is 4.56. The number of nitrogens with one attached hydrogen (secondary N) is 1. The van der Waals surface area contributed by atoms with Crippen molar-refractivity contribution in [3.8, 4) is 0 Å². The minimum Gasteiger partial charge on any atom is -0.480 e. The minimum absolute atomic E-state index is 0.0181. The quantitative estimate of drug-likeness (QED) is 0.491. The molecule has 0 spiro atoms. The topological polar surface area (TPSA) is 135 Å². The van der Waals surface area contributed by atoms with Crippen LogP contribution < -0.4 is 5.32 Å². The Morgan fingerprint density at radius 1 is 1.52 bits per heavy atom. The molecule has 1 aromatic rings. The lowest BCUT2D eigenvalue weighted by atomic mass is 10.2. The Morgan fingerprint density at radius 2 is 2.14 bits per heavy atom. The molecule has 1 heterocycles. The number of carbonyl (C=O) groups excluding carboxylic acids is 1. The summed E-state index contributed by atoms with van der Waals surface area (Å²) in [6.45, 7) is 3.44. The SMILES string of the molecule is CCCn1cc([N+](=O)[O-])cc1C(=O)NC(C(=O)O)C(C)O. The Bertz CT molecular complexity index is 551. The van der Waals surface area contributed by atoms with Crippen molar-refractivity contribution in [3.05, 3.63) is 28.1 Å². The number of aryl methyl sites for hydroxylation is 1. The van der Waals surface area contributed by atoms with Crippen LogP contribution in [0.4, 0.5) is 5.69 Å².